The summed E-state index contributed by atoms with van der Waals surface area (Å²) < 4.78 is 27.1. The molecule has 0 heterocycles. The Morgan fingerprint density at radius 2 is 1.54 bits per heavy atom. The van der Waals surface area contributed by atoms with Crippen LogP contribution in [0.15, 0.2) is 89.8 Å². The Kier molecular flexibility index (Phi) is 11.3. The number of carbonyl (C=O) groups is 2. The number of sulfonamides is 1. The van der Waals surface area contributed by atoms with E-state index in [4.69, 9.17) is 0 Å². The molecule has 0 aliphatic rings. The minimum atomic E-state index is -3.65. The largest absolute Gasteiger partial charge is 0.354 e. The van der Waals surface area contributed by atoms with Crippen molar-refractivity contribution < 1.29 is 18.0 Å². The highest BCUT2D eigenvalue weighted by Gasteiger charge is 2.30. The minimum Gasteiger partial charge on any atom is -0.354 e. The maximum Gasteiger partial charge on any atom is 0.243 e. The van der Waals surface area contributed by atoms with Gasteiger partial charge in [-0.2, -0.15) is 0 Å². The lowest BCUT2D eigenvalue weighted by molar-refractivity contribution is -0.141. The lowest BCUT2D eigenvalue weighted by Gasteiger charge is -2.32. The number of aryl methyl sites for hydroxylation is 1. The fraction of sp³-hybridized carbons (Fsp3) is 0.355. The molecule has 0 spiro atoms. The van der Waals surface area contributed by atoms with Crippen LogP contribution < -0.4 is 5.32 Å². The number of nitrogens with one attached hydrogen (secondary N) is 1. The van der Waals surface area contributed by atoms with Crippen LogP contribution in [0.1, 0.15) is 42.9 Å². The smallest absolute Gasteiger partial charge is 0.243 e. The number of rotatable bonds is 14. The number of benzene rings is 3. The van der Waals surface area contributed by atoms with E-state index in [2.05, 4.69) is 5.32 Å². The van der Waals surface area contributed by atoms with Crippen molar-refractivity contribution in [2.45, 2.75) is 57.0 Å². The van der Waals surface area contributed by atoms with E-state index >= 15 is 0 Å². The first-order valence-corrected chi connectivity index (χ1v) is 14.8. The van der Waals surface area contributed by atoms with Gasteiger partial charge in [0.25, 0.3) is 0 Å². The Morgan fingerprint density at radius 1 is 0.897 bits per heavy atom. The fourth-order valence-electron chi connectivity index (χ4n) is 4.42. The molecule has 0 saturated carbocycles. The van der Waals surface area contributed by atoms with Gasteiger partial charge in [0, 0.05) is 39.5 Å². The number of amides is 2. The van der Waals surface area contributed by atoms with E-state index in [1.165, 1.54) is 11.4 Å². The first-order chi connectivity index (χ1) is 18.7. The predicted molar refractivity (Wildman–Crippen MR) is 154 cm³/mol. The lowest BCUT2D eigenvalue weighted by Crippen LogP contribution is -2.50. The number of hydrogen-bond donors (Lipinski definition) is 1. The summed E-state index contributed by atoms with van der Waals surface area (Å²) in [5, 5.41) is 2.98. The van der Waals surface area contributed by atoms with E-state index in [0.29, 0.717) is 19.4 Å². The Hall–Kier alpha value is -3.49. The Labute approximate surface area is 232 Å². The van der Waals surface area contributed by atoms with Gasteiger partial charge in [-0.15, -0.1) is 0 Å². The van der Waals surface area contributed by atoms with Gasteiger partial charge in [-0.05, 0) is 43.0 Å². The molecule has 0 aliphatic carbocycles. The number of carbonyl (C=O) groups excluding carboxylic acids is 2. The van der Waals surface area contributed by atoms with Gasteiger partial charge in [0.1, 0.15) is 6.04 Å². The molecule has 3 rings (SSSR count). The van der Waals surface area contributed by atoms with Crippen molar-refractivity contribution >= 4 is 21.8 Å². The first-order valence-electron chi connectivity index (χ1n) is 13.4. The topological polar surface area (TPSA) is 86.8 Å². The van der Waals surface area contributed by atoms with Crippen molar-refractivity contribution in [1.82, 2.24) is 14.5 Å². The average molecular weight is 550 g/mol. The highest BCUT2D eigenvalue weighted by atomic mass is 32.2. The van der Waals surface area contributed by atoms with Crippen LogP contribution in [0, 0.1) is 6.92 Å². The maximum absolute atomic E-state index is 13.7. The van der Waals surface area contributed by atoms with Crippen molar-refractivity contribution in [2.75, 3.05) is 20.1 Å². The number of hydrogen-bond acceptors (Lipinski definition) is 4. The van der Waals surface area contributed by atoms with E-state index in [1.54, 1.807) is 35.2 Å². The molecule has 3 aromatic rings. The lowest BCUT2D eigenvalue weighted by atomic mass is 10.0. The monoisotopic (exact) mass is 549 g/mol. The molecule has 0 fully saturated rings. The molecule has 0 aromatic heterocycles. The zero-order valence-electron chi connectivity index (χ0n) is 23.0. The van der Waals surface area contributed by atoms with E-state index in [1.807, 2.05) is 68.4 Å². The zero-order valence-corrected chi connectivity index (χ0v) is 23.9. The molecular weight excluding hydrogens is 510 g/mol. The summed E-state index contributed by atoms with van der Waals surface area (Å²) in [4.78, 5) is 29.0. The van der Waals surface area contributed by atoms with Crippen LogP contribution >= 0.6 is 0 Å². The molecule has 2 amide bonds. The Morgan fingerprint density at radius 3 is 2.18 bits per heavy atom. The fourth-order valence-corrected chi connectivity index (χ4v) is 5.65. The van der Waals surface area contributed by atoms with Crippen molar-refractivity contribution in [3.8, 4) is 0 Å². The van der Waals surface area contributed by atoms with E-state index in [-0.39, 0.29) is 36.2 Å². The second kappa shape index (κ2) is 14.6. The molecule has 1 N–H and O–H groups in total. The van der Waals surface area contributed by atoms with Gasteiger partial charge in [-0.25, -0.2) is 12.7 Å². The summed E-state index contributed by atoms with van der Waals surface area (Å²) in [6, 6.07) is 25.2. The highest BCUT2D eigenvalue weighted by Crippen LogP contribution is 2.18. The van der Waals surface area contributed by atoms with Crippen LogP contribution in [-0.2, 0) is 32.6 Å². The van der Waals surface area contributed by atoms with Crippen LogP contribution in [0.5, 0.6) is 0 Å². The Bertz CT molecular complexity index is 1310. The van der Waals surface area contributed by atoms with Gasteiger partial charge in [-0.3, -0.25) is 9.59 Å². The number of nitrogens with zero attached hydrogens (tertiary/aromatic N) is 2. The molecule has 39 heavy (non-hydrogen) atoms. The maximum atomic E-state index is 13.7. The molecule has 0 saturated heterocycles. The summed E-state index contributed by atoms with van der Waals surface area (Å²) >= 11 is 0. The van der Waals surface area contributed by atoms with Crippen LogP contribution in [0.4, 0.5) is 0 Å². The molecule has 0 radical (unpaired) electrons. The minimum absolute atomic E-state index is 0.118. The molecule has 1 atom stereocenters. The summed E-state index contributed by atoms with van der Waals surface area (Å²) in [6.07, 6.45) is 1.63. The van der Waals surface area contributed by atoms with E-state index in [0.717, 1.165) is 23.1 Å². The average Bonchev–Trinajstić information content (AvgIpc) is 2.94. The first kappa shape index (κ1) is 30.1. The third-order valence-corrected chi connectivity index (χ3v) is 8.44. The third-order valence-electron chi connectivity index (χ3n) is 6.57. The molecule has 0 unspecified atom stereocenters. The highest BCUT2D eigenvalue weighted by molar-refractivity contribution is 7.89. The van der Waals surface area contributed by atoms with Crippen molar-refractivity contribution in [3.63, 3.8) is 0 Å². The van der Waals surface area contributed by atoms with Gasteiger partial charge >= 0.3 is 0 Å². The molecule has 208 valence electrons. The van der Waals surface area contributed by atoms with E-state index < -0.39 is 16.1 Å². The van der Waals surface area contributed by atoms with E-state index in [9.17, 15) is 18.0 Å². The SMILES string of the molecule is CCCNC(=O)[C@@H](Cc1ccccc1)N(Cc1cccc(C)c1)C(=O)CCCN(C)S(=O)(=O)c1ccccc1. The molecule has 7 nitrogen and oxygen atoms in total. The van der Waals surface area contributed by atoms with Gasteiger partial charge < -0.3 is 10.2 Å². The second-order valence-electron chi connectivity index (χ2n) is 9.75. The quantitative estimate of drug-likeness (QED) is 0.319. The summed E-state index contributed by atoms with van der Waals surface area (Å²) in [6.45, 7) is 4.98. The van der Waals surface area contributed by atoms with Gasteiger partial charge in [0.2, 0.25) is 21.8 Å². The van der Waals surface area contributed by atoms with Crippen LogP contribution in [0.3, 0.4) is 0 Å². The molecular formula is C31H39N3O4S. The molecule has 8 heteroatoms. The normalized spacial score (nSPS) is 12.2. The van der Waals surface area contributed by atoms with Crippen LogP contribution in [0.2, 0.25) is 0 Å². The van der Waals surface area contributed by atoms with Crippen molar-refractivity contribution in [2.24, 2.45) is 0 Å². The molecule has 3 aromatic carbocycles. The van der Waals surface area contributed by atoms with Gasteiger partial charge in [0.15, 0.2) is 0 Å². The van der Waals surface area contributed by atoms with Crippen LogP contribution in [0.25, 0.3) is 0 Å². The Balaban J connectivity index is 1.81. The van der Waals surface area contributed by atoms with Crippen molar-refractivity contribution in [1.29, 1.82) is 0 Å². The summed E-state index contributed by atoms with van der Waals surface area (Å²) in [7, 11) is -2.13. The summed E-state index contributed by atoms with van der Waals surface area (Å²) in [5.74, 6) is -0.375. The third kappa shape index (κ3) is 8.76. The predicted octanol–water partition coefficient (Wildman–Crippen LogP) is 4.56. The van der Waals surface area contributed by atoms with Crippen molar-refractivity contribution in [3.05, 3.63) is 102 Å². The van der Waals surface area contributed by atoms with Gasteiger partial charge in [0.05, 0.1) is 4.90 Å². The second-order valence-corrected chi connectivity index (χ2v) is 11.8. The standard InChI is InChI=1S/C31H39N3O4S/c1-4-20-32-31(36)29(23-26-14-7-5-8-15-26)34(24-27-16-11-13-25(2)22-27)30(35)19-12-21-33(3)39(37,38)28-17-9-6-10-18-28/h5-11,13-18,22,29H,4,12,19-21,23-24H2,1-3H3,(H,32,36)/t29-/m1/s1. The van der Waals surface area contributed by atoms with Gasteiger partial charge in [-0.1, -0.05) is 85.3 Å². The van der Waals surface area contributed by atoms with Crippen LogP contribution in [-0.4, -0.2) is 55.6 Å². The summed E-state index contributed by atoms with van der Waals surface area (Å²) in [5.41, 5.74) is 2.97. The molecule has 0 aliphatic heterocycles. The zero-order chi connectivity index (χ0) is 28.3. The molecule has 0 bridgehead atoms.